The largest absolute Gasteiger partial charge is 0.352 e. The fraction of sp³-hybridized carbons (Fsp3) is 0.818. The maximum Gasteiger partial charge on any atom is 0.239 e. The van der Waals surface area contributed by atoms with E-state index in [4.69, 9.17) is 5.73 Å². The Morgan fingerprint density at radius 1 is 1.31 bits per heavy atom. The molecule has 0 aromatic heterocycles. The third-order valence-corrected chi connectivity index (χ3v) is 2.17. The second-order valence-electron chi connectivity index (χ2n) is 4.16. The van der Waals surface area contributed by atoms with Crippen molar-refractivity contribution < 1.29 is 9.59 Å². The number of amides is 2. The first-order valence-electron chi connectivity index (χ1n) is 5.78. The van der Waals surface area contributed by atoms with Crippen LogP contribution in [0.15, 0.2) is 0 Å². The van der Waals surface area contributed by atoms with Crippen LogP contribution in [0.4, 0.5) is 0 Å². The average Bonchev–Trinajstić information content (AvgIpc) is 2.21. The summed E-state index contributed by atoms with van der Waals surface area (Å²) in [6, 6.07) is 0.0883. The van der Waals surface area contributed by atoms with Gasteiger partial charge in [-0.05, 0) is 20.3 Å². The molecule has 16 heavy (non-hydrogen) atoms. The zero-order chi connectivity index (χ0) is 12.6. The molecule has 5 heteroatoms. The molecule has 0 radical (unpaired) electrons. The van der Waals surface area contributed by atoms with Crippen molar-refractivity contribution in [3.05, 3.63) is 0 Å². The number of carbonyl (C=O) groups is 2. The Morgan fingerprint density at radius 2 is 1.94 bits per heavy atom. The minimum absolute atomic E-state index is 0.0250. The molecule has 2 amide bonds. The van der Waals surface area contributed by atoms with Gasteiger partial charge in [-0.2, -0.15) is 0 Å². The zero-order valence-corrected chi connectivity index (χ0v) is 10.4. The van der Waals surface area contributed by atoms with Crippen LogP contribution >= 0.6 is 0 Å². The topological polar surface area (TPSA) is 84.2 Å². The highest BCUT2D eigenvalue weighted by Crippen LogP contribution is 2.03. The van der Waals surface area contributed by atoms with Crippen LogP contribution in [0.1, 0.15) is 33.6 Å². The highest BCUT2D eigenvalue weighted by molar-refractivity contribution is 5.85. The van der Waals surface area contributed by atoms with Gasteiger partial charge < -0.3 is 16.4 Å². The monoisotopic (exact) mass is 229 g/mol. The van der Waals surface area contributed by atoms with E-state index in [2.05, 4.69) is 10.6 Å². The van der Waals surface area contributed by atoms with Crippen LogP contribution in [0.5, 0.6) is 0 Å². The standard InChI is InChI=1S/C11H23N3O2/c1-4-5-9(6-12)11(16)13-7-10(15)14-8(2)3/h8-9H,4-7,12H2,1-3H3,(H,13,16)(H,14,15). The Labute approximate surface area is 97.2 Å². The second kappa shape index (κ2) is 8.10. The van der Waals surface area contributed by atoms with Gasteiger partial charge in [-0.25, -0.2) is 0 Å². The van der Waals surface area contributed by atoms with Crippen LogP contribution in [-0.2, 0) is 9.59 Å². The van der Waals surface area contributed by atoms with Crippen molar-refractivity contribution in [1.82, 2.24) is 10.6 Å². The summed E-state index contributed by atoms with van der Waals surface area (Å²) in [7, 11) is 0. The molecule has 94 valence electrons. The first kappa shape index (κ1) is 14.9. The first-order chi connectivity index (χ1) is 7.51. The molecule has 5 nitrogen and oxygen atoms in total. The molecule has 0 rings (SSSR count). The summed E-state index contributed by atoms with van der Waals surface area (Å²) in [4.78, 5) is 22.9. The Hall–Kier alpha value is -1.10. The summed E-state index contributed by atoms with van der Waals surface area (Å²) in [5, 5.41) is 5.29. The van der Waals surface area contributed by atoms with Gasteiger partial charge in [0.25, 0.3) is 0 Å². The highest BCUT2D eigenvalue weighted by Gasteiger charge is 2.16. The number of nitrogens with one attached hydrogen (secondary N) is 2. The normalized spacial score (nSPS) is 12.3. The van der Waals surface area contributed by atoms with Crippen LogP contribution in [-0.4, -0.2) is 30.9 Å². The molecular weight excluding hydrogens is 206 g/mol. The lowest BCUT2D eigenvalue weighted by Crippen LogP contribution is -2.43. The van der Waals surface area contributed by atoms with Crippen molar-refractivity contribution in [1.29, 1.82) is 0 Å². The number of nitrogens with two attached hydrogens (primary N) is 1. The van der Waals surface area contributed by atoms with Crippen LogP contribution in [0.25, 0.3) is 0 Å². The fourth-order valence-electron chi connectivity index (χ4n) is 1.39. The Morgan fingerprint density at radius 3 is 2.38 bits per heavy atom. The molecule has 0 aromatic carbocycles. The predicted octanol–water partition coefficient (Wildman–Crippen LogP) is 0.00220. The molecule has 0 heterocycles. The van der Waals surface area contributed by atoms with Gasteiger partial charge in [-0.1, -0.05) is 13.3 Å². The van der Waals surface area contributed by atoms with E-state index in [1.54, 1.807) is 0 Å². The van der Waals surface area contributed by atoms with E-state index in [1.807, 2.05) is 20.8 Å². The summed E-state index contributed by atoms with van der Waals surface area (Å²) in [5.74, 6) is -0.490. The van der Waals surface area contributed by atoms with E-state index in [9.17, 15) is 9.59 Å². The quantitative estimate of drug-likeness (QED) is 0.574. The lowest BCUT2D eigenvalue weighted by molar-refractivity contribution is -0.128. The summed E-state index contributed by atoms with van der Waals surface area (Å²) < 4.78 is 0. The van der Waals surface area contributed by atoms with Gasteiger partial charge in [0.15, 0.2) is 0 Å². The zero-order valence-electron chi connectivity index (χ0n) is 10.4. The van der Waals surface area contributed by atoms with Gasteiger partial charge in [-0.3, -0.25) is 9.59 Å². The van der Waals surface area contributed by atoms with Crippen LogP contribution in [0.3, 0.4) is 0 Å². The average molecular weight is 229 g/mol. The molecule has 0 aromatic rings. The van der Waals surface area contributed by atoms with E-state index in [1.165, 1.54) is 0 Å². The molecule has 0 fully saturated rings. The van der Waals surface area contributed by atoms with E-state index >= 15 is 0 Å². The van der Waals surface area contributed by atoms with Crippen molar-refractivity contribution in [3.63, 3.8) is 0 Å². The SMILES string of the molecule is CCCC(CN)C(=O)NCC(=O)NC(C)C. The third-order valence-electron chi connectivity index (χ3n) is 2.17. The van der Waals surface area contributed by atoms with E-state index in [0.29, 0.717) is 6.54 Å². The molecule has 4 N–H and O–H groups in total. The smallest absolute Gasteiger partial charge is 0.239 e. The molecule has 0 spiro atoms. The van der Waals surface area contributed by atoms with Crippen LogP contribution in [0, 0.1) is 5.92 Å². The van der Waals surface area contributed by atoms with E-state index in [-0.39, 0.29) is 30.3 Å². The molecule has 0 aliphatic heterocycles. The molecule has 0 saturated heterocycles. The fourth-order valence-corrected chi connectivity index (χ4v) is 1.39. The lowest BCUT2D eigenvalue weighted by atomic mass is 10.0. The first-order valence-corrected chi connectivity index (χ1v) is 5.78. The Kier molecular flexibility index (Phi) is 7.54. The lowest BCUT2D eigenvalue weighted by Gasteiger charge is -2.14. The van der Waals surface area contributed by atoms with Crippen molar-refractivity contribution in [3.8, 4) is 0 Å². The van der Waals surface area contributed by atoms with Crippen molar-refractivity contribution >= 4 is 11.8 Å². The Balaban J connectivity index is 3.90. The van der Waals surface area contributed by atoms with Gasteiger partial charge in [-0.15, -0.1) is 0 Å². The molecule has 1 atom stereocenters. The number of rotatable bonds is 7. The van der Waals surface area contributed by atoms with E-state index in [0.717, 1.165) is 12.8 Å². The van der Waals surface area contributed by atoms with Gasteiger partial charge in [0.05, 0.1) is 12.5 Å². The van der Waals surface area contributed by atoms with Gasteiger partial charge in [0, 0.05) is 12.6 Å². The van der Waals surface area contributed by atoms with Gasteiger partial charge >= 0.3 is 0 Å². The maximum atomic E-state index is 11.6. The predicted molar refractivity (Wildman–Crippen MR) is 63.7 cm³/mol. The van der Waals surface area contributed by atoms with Crippen molar-refractivity contribution in [2.24, 2.45) is 11.7 Å². The summed E-state index contributed by atoms with van der Waals surface area (Å²) in [6.45, 7) is 6.10. The molecule has 0 saturated carbocycles. The summed E-state index contributed by atoms with van der Waals surface area (Å²) in [6.07, 6.45) is 1.67. The number of carbonyl (C=O) groups excluding carboxylic acids is 2. The third kappa shape index (κ3) is 6.40. The van der Waals surface area contributed by atoms with Crippen molar-refractivity contribution in [2.45, 2.75) is 39.7 Å². The van der Waals surface area contributed by atoms with Crippen LogP contribution < -0.4 is 16.4 Å². The van der Waals surface area contributed by atoms with Crippen LogP contribution in [0.2, 0.25) is 0 Å². The molecule has 1 unspecified atom stereocenters. The Bertz CT molecular complexity index is 229. The highest BCUT2D eigenvalue weighted by atomic mass is 16.2. The van der Waals surface area contributed by atoms with Gasteiger partial charge in [0.1, 0.15) is 0 Å². The number of hydrogen-bond donors (Lipinski definition) is 3. The number of hydrogen-bond acceptors (Lipinski definition) is 3. The van der Waals surface area contributed by atoms with Gasteiger partial charge in [0.2, 0.25) is 11.8 Å². The minimum atomic E-state index is -0.183. The summed E-state index contributed by atoms with van der Waals surface area (Å²) >= 11 is 0. The van der Waals surface area contributed by atoms with Crippen molar-refractivity contribution in [2.75, 3.05) is 13.1 Å². The molecular formula is C11H23N3O2. The summed E-state index contributed by atoms with van der Waals surface area (Å²) in [5.41, 5.74) is 5.49. The second-order valence-corrected chi connectivity index (χ2v) is 4.16. The molecule has 0 aliphatic rings. The minimum Gasteiger partial charge on any atom is -0.352 e. The molecule has 0 bridgehead atoms. The van der Waals surface area contributed by atoms with E-state index < -0.39 is 0 Å². The maximum absolute atomic E-state index is 11.6. The molecule has 0 aliphatic carbocycles.